The normalized spacial score (nSPS) is 17.7. The molecular weight excluding hydrogens is 345 g/mol. The van der Waals surface area contributed by atoms with E-state index in [1.54, 1.807) is 6.07 Å². The quantitative estimate of drug-likeness (QED) is 0.591. The molecule has 7 heteroatoms. The van der Waals surface area contributed by atoms with Gasteiger partial charge in [-0.1, -0.05) is 18.2 Å². The summed E-state index contributed by atoms with van der Waals surface area (Å²) in [5, 5.41) is 8.36. The highest BCUT2D eigenvalue weighted by Crippen LogP contribution is 2.33. The Morgan fingerprint density at radius 1 is 1.15 bits per heavy atom. The number of hydrogen-bond donors (Lipinski definition) is 1. The Bertz CT molecular complexity index is 1070. The minimum absolute atomic E-state index is 0.132. The fourth-order valence-corrected chi connectivity index (χ4v) is 3.67. The third-order valence-electron chi connectivity index (χ3n) is 4.97. The van der Waals surface area contributed by atoms with E-state index in [4.69, 9.17) is 4.42 Å². The molecule has 0 aliphatic carbocycles. The van der Waals surface area contributed by atoms with Crippen molar-refractivity contribution in [2.24, 2.45) is 0 Å². The first-order valence-corrected chi connectivity index (χ1v) is 9.03. The Kier molecular flexibility index (Phi) is 3.94. The number of benzene rings is 2. The highest BCUT2D eigenvalue weighted by atomic mass is 19.1. The van der Waals surface area contributed by atoms with Crippen LogP contribution in [0.2, 0.25) is 0 Å². The maximum atomic E-state index is 13.4. The molecule has 136 valence electrons. The first-order valence-electron chi connectivity index (χ1n) is 9.03. The summed E-state index contributed by atoms with van der Waals surface area (Å²) in [6.07, 6.45) is 2.05. The van der Waals surface area contributed by atoms with E-state index in [1.165, 1.54) is 12.1 Å². The molecule has 1 N–H and O–H groups in total. The fourth-order valence-electron chi connectivity index (χ4n) is 3.67. The Labute approximate surface area is 155 Å². The van der Waals surface area contributed by atoms with Gasteiger partial charge in [-0.05, 0) is 49.7 Å². The molecule has 3 heterocycles. The van der Waals surface area contributed by atoms with Crippen LogP contribution in [0.4, 0.5) is 4.39 Å². The predicted octanol–water partition coefficient (Wildman–Crippen LogP) is 4.09. The van der Waals surface area contributed by atoms with Gasteiger partial charge in [-0.3, -0.25) is 4.90 Å². The highest BCUT2D eigenvalue weighted by Gasteiger charge is 2.30. The Morgan fingerprint density at radius 2 is 2.04 bits per heavy atom. The van der Waals surface area contributed by atoms with Crippen molar-refractivity contribution in [3.63, 3.8) is 0 Å². The Balaban J connectivity index is 1.37. The van der Waals surface area contributed by atoms with Crippen LogP contribution in [0.5, 0.6) is 0 Å². The van der Waals surface area contributed by atoms with E-state index in [-0.39, 0.29) is 11.9 Å². The van der Waals surface area contributed by atoms with Crippen LogP contribution in [0.1, 0.15) is 30.6 Å². The Hall–Kier alpha value is -3.06. The summed E-state index contributed by atoms with van der Waals surface area (Å²) in [4.78, 5) is 10.2. The third kappa shape index (κ3) is 3.10. The monoisotopic (exact) mass is 363 g/mol. The van der Waals surface area contributed by atoms with Gasteiger partial charge in [-0.2, -0.15) is 0 Å². The van der Waals surface area contributed by atoms with Crippen LogP contribution < -0.4 is 0 Å². The van der Waals surface area contributed by atoms with Crippen LogP contribution in [0.3, 0.4) is 0 Å². The molecule has 1 atom stereocenters. The predicted molar refractivity (Wildman–Crippen MR) is 98.2 cm³/mol. The van der Waals surface area contributed by atoms with E-state index < -0.39 is 0 Å². The highest BCUT2D eigenvalue weighted by molar-refractivity contribution is 5.75. The average Bonchev–Trinajstić information content (AvgIpc) is 3.41. The minimum atomic E-state index is -0.264. The summed E-state index contributed by atoms with van der Waals surface area (Å²) < 4.78 is 19.3. The first kappa shape index (κ1) is 16.1. The van der Waals surface area contributed by atoms with E-state index in [1.807, 2.05) is 30.3 Å². The molecule has 5 rings (SSSR count). The second-order valence-electron chi connectivity index (χ2n) is 6.78. The Morgan fingerprint density at radius 3 is 2.93 bits per heavy atom. The molecule has 0 saturated carbocycles. The second kappa shape index (κ2) is 6.59. The van der Waals surface area contributed by atoms with Crippen LogP contribution in [0.15, 0.2) is 52.9 Å². The van der Waals surface area contributed by atoms with Crippen LogP contribution in [0.25, 0.3) is 22.5 Å². The van der Waals surface area contributed by atoms with E-state index in [0.717, 1.165) is 41.8 Å². The molecule has 1 fully saturated rings. The number of rotatable bonds is 4. The average molecular weight is 363 g/mol. The number of hydrogen-bond acceptors (Lipinski definition) is 5. The topological polar surface area (TPSA) is 70.8 Å². The summed E-state index contributed by atoms with van der Waals surface area (Å²) in [5.41, 5.74) is 2.41. The number of fused-ring (bicyclic) bond motifs is 1. The van der Waals surface area contributed by atoms with Gasteiger partial charge in [0.2, 0.25) is 11.8 Å². The standard InChI is InChI=1S/C20H18FN5O/c21-14-8-9-15-16(11-14)23-19(22-15)17-7-4-10-26(17)12-18-24-25-20(27-18)13-5-2-1-3-6-13/h1-3,5-6,8-9,11,17H,4,7,10,12H2,(H,22,23)/t17-/m1/s1. The molecule has 1 aliphatic rings. The lowest BCUT2D eigenvalue weighted by Gasteiger charge is -2.20. The molecule has 2 aromatic heterocycles. The zero-order chi connectivity index (χ0) is 18.2. The van der Waals surface area contributed by atoms with Crippen molar-refractivity contribution in [2.45, 2.75) is 25.4 Å². The van der Waals surface area contributed by atoms with Gasteiger partial charge in [0.05, 0.1) is 23.6 Å². The first-order chi connectivity index (χ1) is 13.3. The van der Waals surface area contributed by atoms with Crippen molar-refractivity contribution in [3.8, 4) is 11.5 Å². The molecule has 1 aliphatic heterocycles. The van der Waals surface area contributed by atoms with Crippen molar-refractivity contribution in [2.75, 3.05) is 6.54 Å². The maximum absolute atomic E-state index is 13.4. The van der Waals surface area contributed by atoms with E-state index in [2.05, 4.69) is 25.1 Å². The zero-order valence-electron chi connectivity index (χ0n) is 14.6. The number of likely N-dealkylation sites (tertiary alicyclic amines) is 1. The van der Waals surface area contributed by atoms with Gasteiger partial charge in [0.15, 0.2) is 0 Å². The van der Waals surface area contributed by atoms with Crippen LogP contribution in [-0.4, -0.2) is 31.6 Å². The molecule has 0 radical (unpaired) electrons. The summed E-state index contributed by atoms with van der Waals surface area (Å²) in [7, 11) is 0. The van der Waals surface area contributed by atoms with Crippen LogP contribution in [0, 0.1) is 5.82 Å². The fraction of sp³-hybridized carbons (Fsp3) is 0.250. The second-order valence-corrected chi connectivity index (χ2v) is 6.78. The number of halogens is 1. The van der Waals surface area contributed by atoms with Gasteiger partial charge in [-0.15, -0.1) is 10.2 Å². The molecule has 4 aromatic rings. The number of nitrogens with zero attached hydrogens (tertiary/aromatic N) is 4. The number of H-pyrrole nitrogens is 1. The third-order valence-corrected chi connectivity index (χ3v) is 4.97. The van der Waals surface area contributed by atoms with Gasteiger partial charge in [-0.25, -0.2) is 9.37 Å². The number of aromatic amines is 1. The molecule has 0 bridgehead atoms. The van der Waals surface area contributed by atoms with Gasteiger partial charge in [0, 0.05) is 5.56 Å². The number of nitrogens with one attached hydrogen (secondary N) is 1. The van der Waals surface area contributed by atoms with Gasteiger partial charge in [0.25, 0.3) is 0 Å². The molecule has 0 amide bonds. The molecular formula is C20H18FN5O. The van der Waals surface area contributed by atoms with E-state index in [0.29, 0.717) is 18.3 Å². The molecule has 1 saturated heterocycles. The zero-order valence-corrected chi connectivity index (χ0v) is 14.6. The lowest BCUT2D eigenvalue weighted by Crippen LogP contribution is -2.23. The molecule has 0 spiro atoms. The van der Waals surface area contributed by atoms with Crippen LogP contribution in [-0.2, 0) is 6.54 Å². The van der Waals surface area contributed by atoms with Crippen LogP contribution >= 0.6 is 0 Å². The molecule has 27 heavy (non-hydrogen) atoms. The van der Waals surface area contributed by atoms with Crippen molar-refractivity contribution in [1.82, 2.24) is 25.1 Å². The minimum Gasteiger partial charge on any atom is -0.419 e. The molecule has 0 unspecified atom stereocenters. The number of imidazole rings is 1. The van der Waals surface area contributed by atoms with Gasteiger partial charge in [0.1, 0.15) is 11.6 Å². The summed E-state index contributed by atoms with van der Waals surface area (Å²) in [5.74, 6) is 1.71. The summed E-state index contributed by atoms with van der Waals surface area (Å²) in [6, 6.07) is 14.5. The lowest BCUT2D eigenvalue weighted by atomic mass is 10.2. The van der Waals surface area contributed by atoms with Crippen molar-refractivity contribution < 1.29 is 8.81 Å². The summed E-state index contributed by atoms with van der Waals surface area (Å²) >= 11 is 0. The smallest absolute Gasteiger partial charge is 0.247 e. The molecule has 2 aromatic carbocycles. The maximum Gasteiger partial charge on any atom is 0.247 e. The van der Waals surface area contributed by atoms with Crippen molar-refractivity contribution in [3.05, 3.63) is 66.1 Å². The van der Waals surface area contributed by atoms with Crippen molar-refractivity contribution >= 4 is 11.0 Å². The van der Waals surface area contributed by atoms with Gasteiger partial charge < -0.3 is 9.40 Å². The SMILES string of the molecule is Fc1ccc2nc([C@H]3CCCN3Cc3nnc(-c4ccccc4)o3)[nH]c2c1. The van der Waals surface area contributed by atoms with Gasteiger partial charge >= 0.3 is 0 Å². The van der Waals surface area contributed by atoms with E-state index >= 15 is 0 Å². The molecule has 6 nitrogen and oxygen atoms in total. The summed E-state index contributed by atoms with van der Waals surface area (Å²) in [6.45, 7) is 1.50. The van der Waals surface area contributed by atoms with Crippen molar-refractivity contribution in [1.29, 1.82) is 0 Å². The largest absolute Gasteiger partial charge is 0.419 e. The lowest BCUT2D eigenvalue weighted by molar-refractivity contribution is 0.218. The van der Waals surface area contributed by atoms with E-state index in [9.17, 15) is 4.39 Å². The number of aromatic nitrogens is 4.